The Kier molecular flexibility index (Phi) is 6.39. The van der Waals surface area contributed by atoms with E-state index >= 15 is 0 Å². The lowest BCUT2D eigenvalue weighted by molar-refractivity contribution is -0.385. The summed E-state index contributed by atoms with van der Waals surface area (Å²) in [4.78, 5) is 14.7. The molecular weight excluding hydrogens is 310 g/mol. The molecule has 0 saturated carbocycles. The summed E-state index contributed by atoms with van der Waals surface area (Å²) in [5.41, 5.74) is 0.731. The average Bonchev–Trinajstić information content (AvgIpc) is 2.54. The van der Waals surface area contributed by atoms with Crippen molar-refractivity contribution in [2.75, 3.05) is 45.2 Å². The average molecular weight is 337 g/mol. The van der Waals surface area contributed by atoms with E-state index in [0.717, 1.165) is 37.5 Å². The number of anilines is 1. The fourth-order valence-corrected chi connectivity index (χ4v) is 2.83. The number of β-amino-alcohol motifs (C(OH)–C–C–N with tert-alkyl or cyclic N) is 1. The van der Waals surface area contributed by atoms with Crippen LogP contribution in [-0.4, -0.2) is 61.4 Å². The fraction of sp³-hybridized carbons (Fsp3) is 0.647. The van der Waals surface area contributed by atoms with E-state index in [1.807, 2.05) is 19.0 Å². The molecule has 7 heteroatoms. The maximum Gasteiger partial charge on any atom is 0.311 e. The molecule has 0 aromatic heterocycles. The van der Waals surface area contributed by atoms with Crippen LogP contribution in [0.1, 0.15) is 19.8 Å². The van der Waals surface area contributed by atoms with E-state index in [2.05, 4.69) is 11.8 Å². The number of hydrogen-bond acceptors (Lipinski definition) is 6. The second-order valence-corrected chi connectivity index (χ2v) is 6.75. The topological polar surface area (TPSA) is 79.1 Å². The largest absolute Gasteiger partial charge is 0.484 e. The highest BCUT2D eigenvalue weighted by Gasteiger charge is 2.21. The van der Waals surface area contributed by atoms with Gasteiger partial charge in [-0.3, -0.25) is 10.1 Å². The van der Waals surface area contributed by atoms with Crippen LogP contribution in [0.15, 0.2) is 18.2 Å². The zero-order chi connectivity index (χ0) is 17.7. The Balaban J connectivity index is 1.94. The molecular formula is C17H27N3O4. The van der Waals surface area contributed by atoms with Crippen molar-refractivity contribution in [3.8, 4) is 5.75 Å². The van der Waals surface area contributed by atoms with Crippen molar-refractivity contribution in [3.05, 3.63) is 28.3 Å². The number of nitro benzene ring substituents is 1. The summed E-state index contributed by atoms with van der Waals surface area (Å²) < 4.78 is 5.57. The Bertz CT molecular complexity index is 557. The molecule has 7 nitrogen and oxygen atoms in total. The molecule has 1 aromatic rings. The van der Waals surface area contributed by atoms with Crippen LogP contribution in [0.4, 0.5) is 11.4 Å². The van der Waals surface area contributed by atoms with Gasteiger partial charge in [-0.1, -0.05) is 6.92 Å². The first kappa shape index (κ1) is 18.5. The predicted molar refractivity (Wildman–Crippen MR) is 93.8 cm³/mol. The SMILES string of the molecule is CC1CCN(CC(O)COc2cc(N(C)C)ccc2[N+](=O)[O-])CC1. The normalized spacial score (nSPS) is 17.5. The Hall–Kier alpha value is -1.86. The van der Waals surface area contributed by atoms with Crippen molar-refractivity contribution < 1.29 is 14.8 Å². The maximum atomic E-state index is 11.1. The van der Waals surface area contributed by atoms with E-state index in [0.29, 0.717) is 6.54 Å². The van der Waals surface area contributed by atoms with Gasteiger partial charge in [0.15, 0.2) is 5.75 Å². The second-order valence-electron chi connectivity index (χ2n) is 6.75. The fourth-order valence-electron chi connectivity index (χ4n) is 2.83. The van der Waals surface area contributed by atoms with Gasteiger partial charge in [0.2, 0.25) is 0 Å². The number of ether oxygens (including phenoxy) is 1. The van der Waals surface area contributed by atoms with Crippen LogP contribution in [0, 0.1) is 16.0 Å². The summed E-state index contributed by atoms with van der Waals surface area (Å²) in [7, 11) is 3.72. The number of piperidine rings is 1. The number of nitrogens with zero attached hydrogens (tertiary/aromatic N) is 3. The zero-order valence-corrected chi connectivity index (χ0v) is 14.6. The van der Waals surface area contributed by atoms with Crippen LogP contribution in [-0.2, 0) is 0 Å². The van der Waals surface area contributed by atoms with Crippen LogP contribution in [0.3, 0.4) is 0 Å². The predicted octanol–water partition coefficient (Wildman–Crippen LogP) is 2.13. The molecule has 0 radical (unpaired) electrons. The van der Waals surface area contributed by atoms with Gasteiger partial charge in [0, 0.05) is 38.5 Å². The van der Waals surface area contributed by atoms with Crippen LogP contribution in [0.2, 0.25) is 0 Å². The molecule has 1 fully saturated rings. The third-order valence-electron chi connectivity index (χ3n) is 4.43. The summed E-state index contributed by atoms with van der Waals surface area (Å²) in [5.74, 6) is 0.934. The number of aliphatic hydroxyl groups excluding tert-OH is 1. The lowest BCUT2D eigenvalue weighted by Crippen LogP contribution is -2.40. The summed E-state index contributed by atoms with van der Waals surface area (Å²) in [6.45, 7) is 4.79. The minimum absolute atomic E-state index is 0.0454. The monoisotopic (exact) mass is 337 g/mol. The van der Waals surface area contributed by atoms with Gasteiger partial charge < -0.3 is 19.6 Å². The van der Waals surface area contributed by atoms with E-state index in [1.165, 1.54) is 6.07 Å². The molecule has 134 valence electrons. The number of likely N-dealkylation sites (tertiary alicyclic amines) is 1. The van der Waals surface area contributed by atoms with Gasteiger partial charge in [-0.25, -0.2) is 0 Å². The summed E-state index contributed by atoms with van der Waals surface area (Å²) in [5, 5.41) is 21.3. The van der Waals surface area contributed by atoms with E-state index in [1.54, 1.807) is 12.1 Å². The number of hydrogen-bond donors (Lipinski definition) is 1. The first-order valence-electron chi connectivity index (χ1n) is 8.35. The quantitative estimate of drug-likeness (QED) is 0.606. The molecule has 0 bridgehead atoms. The van der Waals surface area contributed by atoms with Gasteiger partial charge in [0.1, 0.15) is 12.7 Å². The van der Waals surface area contributed by atoms with Crippen LogP contribution in [0.25, 0.3) is 0 Å². The van der Waals surface area contributed by atoms with Crippen LogP contribution in [0.5, 0.6) is 5.75 Å². The van der Waals surface area contributed by atoms with Gasteiger partial charge in [0.05, 0.1) is 4.92 Å². The van der Waals surface area contributed by atoms with Crippen molar-refractivity contribution in [3.63, 3.8) is 0 Å². The summed E-state index contributed by atoms with van der Waals surface area (Å²) in [6.07, 6.45) is 1.62. The Morgan fingerprint density at radius 2 is 2.08 bits per heavy atom. The van der Waals surface area contributed by atoms with Crippen LogP contribution >= 0.6 is 0 Å². The van der Waals surface area contributed by atoms with Gasteiger partial charge in [-0.05, 0) is 37.9 Å². The molecule has 2 rings (SSSR count). The molecule has 0 amide bonds. The highest BCUT2D eigenvalue weighted by atomic mass is 16.6. The summed E-state index contributed by atoms with van der Waals surface area (Å²) >= 11 is 0. The van der Waals surface area contributed by atoms with Gasteiger partial charge in [0.25, 0.3) is 0 Å². The third kappa shape index (κ3) is 5.07. The molecule has 0 aliphatic carbocycles. The molecule has 1 saturated heterocycles. The van der Waals surface area contributed by atoms with E-state index < -0.39 is 11.0 Å². The van der Waals surface area contributed by atoms with Crippen molar-refractivity contribution in [2.45, 2.75) is 25.9 Å². The first-order valence-corrected chi connectivity index (χ1v) is 8.35. The van der Waals surface area contributed by atoms with Crippen LogP contribution < -0.4 is 9.64 Å². The molecule has 1 aliphatic heterocycles. The number of benzene rings is 1. The van der Waals surface area contributed by atoms with Crippen molar-refractivity contribution in [1.82, 2.24) is 4.90 Å². The molecule has 1 heterocycles. The lowest BCUT2D eigenvalue weighted by atomic mass is 9.99. The molecule has 24 heavy (non-hydrogen) atoms. The molecule has 1 aromatic carbocycles. The van der Waals surface area contributed by atoms with Crippen molar-refractivity contribution in [1.29, 1.82) is 0 Å². The molecule has 1 N–H and O–H groups in total. The van der Waals surface area contributed by atoms with Gasteiger partial charge >= 0.3 is 5.69 Å². The van der Waals surface area contributed by atoms with E-state index in [-0.39, 0.29) is 18.0 Å². The lowest BCUT2D eigenvalue weighted by Gasteiger charge is -2.31. The second kappa shape index (κ2) is 8.30. The molecule has 1 unspecified atom stereocenters. The minimum Gasteiger partial charge on any atom is -0.484 e. The Morgan fingerprint density at radius 3 is 2.67 bits per heavy atom. The van der Waals surface area contributed by atoms with Crippen molar-refractivity contribution in [2.24, 2.45) is 5.92 Å². The first-order chi connectivity index (χ1) is 11.4. The maximum absolute atomic E-state index is 11.1. The minimum atomic E-state index is -0.666. The molecule has 0 spiro atoms. The number of nitro groups is 1. The number of aliphatic hydroxyl groups is 1. The van der Waals surface area contributed by atoms with Crippen molar-refractivity contribution >= 4 is 11.4 Å². The Morgan fingerprint density at radius 1 is 1.42 bits per heavy atom. The zero-order valence-electron chi connectivity index (χ0n) is 14.6. The third-order valence-corrected chi connectivity index (χ3v) is 4.43. The summed E-state index contributed by atoms with van der Waals surface area (Å²) in [6, 6.07) is 4.74. The van der Waals surface area contributed by atoms with Gasteiger partial charge in [-0.15, -0.1) is 0 Å². The highest BCUT2D eigenvalue weighted by molar-refractivity contribution is 5.58. The molecule has 1 atom stereocenters. The van der Waals surface area contributed by atoms with Gasteiger partial charge in [-0.2, -0.15) is 0 Å². The Labute approximate surface area is 143 Å². The smallest absolute Gasteiger partial charge is 0.311 e. The standard InChI is InChI=1S/C17H27N3O4/c1-13-6-8-19(9-7-13)11-15(21)12-24-17-10-14(18(2)3)4-5-16(17)20(22)23/h4-5,10,13,15,21H,6-9,11-12H2,1-3H3. The van der Waals surface area contributed by atoms with E-state index in [9.17, 15) is 15.2 Å². The van der Waals surface area contributed by atoms with E-state index in [4.69, 9.17) is 4.74 Å². The molecule has 1 aliphatic rings. The number of rotatable bonds is 7. The highest BCUT2D eigenvalue weighted by Crippen LogP contribution is 2.31.